The number of fused-ring (bicyclic) bond motifs is 1. The van der Waals surface area contributed by atoms with Crippen molar-refractivity contribution >= 4 is 17.0 Å². The fraction of sp³-hybridized carbons (Fsp3) is 0.545. The Morgan fingerprint density at radius 3 is 2.70 bits per heavy atom. The monoisotopic (exact) mass is 279 g/mol. The van der Waals surface area contributed by atoms with E-state index in [0.717, 1.165) is 0 Å². The highest BCUT2D eigenvalue weighted by Crippen LogP contribution is 2.53. The fourth-order valence-electron chi connectivity index (χ4n) is 2.77. The summed E-state index contributed by atoms with van der Waals surface area (Å²) in [6.45, 7) is 0. The largest absolute Gasteiger partial charge is 0.390 e. The van der Waals surface area contributed by atoms with Gasteiger partial charge in [-0.1, -0.05) is 0 Å². The summed E-state index contributed by atoms with van der Waals surface area (Å²) in [5.74, 6) is 0.225. The second kappa shape index (κ2) is 3.64. The van der Waals surface area contributed by atoms with Gasteiger partial charge in [0.1, 0.15) is 29.7 Å². The van der Waals surface area contributed by atoms with Gasteiger partial charge in [-0.3, -0.25) is 4.57 Å². The molecule has 1 spiro atoms. The van der Waals surface area contributed by atoms with Crippen LogP contribution in [-0.4, -0.2) is 58.8 Å². The van der Waals surface area contributed by atoms with E-state index < -0.39 is 30.1 Å². The van der Waals surface area contributed by atoms with Gasteiger partial charge in [0.15, 0.2) is 17.7 Å². The molecular weight excluding hydrogens is 266 g/mol. The molecule has 4 rings (SSSR count). The average Bonchev–Trinajstić information content (AvgIpc) is 2.80. The third-order valence-corrected chi connectivity index (χ3v) is 4.03. The summed E-state index contributed by atoms with van der Waals surface area (Å²) in [5.41, 5.74) is 5.42. The van der Waals surface area contributed by atoms with Crippen molar-refractivity contribution in [2.45, 2.75) is 36.6 Å². The Hall–Kier alpha value is -1.81. The summed E-state index contributed by atoms with van der Waals surface area (Å²) < 4.78 is 7.15. The van der Waals surface area contributed by atoms with Gasteiger partial charge in [0.2, 0.25) is 0 Å². The summed E-state index contributed by atoms with van der Waals surface area (Å²) in [6.07, 6.45) is -0.974. The highest BCUT2D eigenvalue weighted by atomic mass is 16.6. The highest BCUT2D eigenvalue weighted by molar-refractivity contribution is 5.81. The number of aromatic nitrogens is 4. The first-order valence-corrected chi connectivity index (χ1v) is 6.19. The first kappa shape index (κ1) is 12.0. The third-order valence-electron chi connectivity index (χ3n) is 4.03. The number of imidazole rings is 1. The molecule has 5 N–H and O–H groups in total. The first-order chi connectivity index (χ1) is 9.54. The van der Waals surface area contributed by atoms with Crippen molar-refractivity contribution in [2.24, 2.45) is 0 Å². The Bertz CT molecular complexity index is 691. The number of nitrogens with zero attached hydrogens (tertiary/aromatic N) is 4. The standard InChI is InChI=1S/C11H13N5O4/c12-8-5-9(14-2-13-8)16(3-15-5)10-6(18)7(19)11(20-10)1-4(11)17/h2-4,6-7,10,17-19H,1H2,(H2,12,13,14)/t4-,6+,7?,10?,11+/m1/s1. The minimum atomic E-state index is -1.18. The van der Waals surface area contributed by atoms with Crippen molar-refractivity contribution < 1.29 is 20.1 Å². The number of anilines is 1. The first-order valence-electron chi connectivity index (χ1n) is 6.19. The molecule has 20 heavy (non-hydrogen) atoms. The summed E-state index contributed by atoms with van der Waals surface area (Å²) in [7, 11) is 0. The lowest BCUT2D eigenvalue weighted by molar-refractivity contribution is -0.0633. The van der Waals surface area contributed by atoms with Crippen LogP contribution in [0.4, 0.5) is 5.82 Å². The van der Waals surface area contributed by atoms with Crippen molar-refractivity contribution in [1.29, 1.82) is 0 Å². The molecule has 2 fully saturated rings. The number of rotatable bonds is 1. The van der Waals surface area contributed by atoms with Gasteiger partial charge in [-0.25, -0.2) is 15.0 Å². The molecular formula is C11H13N5O4. The van der Waals surface area contributed by atoms with Crippen LogP contribution in [0, 0.1) is 0 Å². The van der Waals surface area contributed by atoms with E-state index in [1.165, 1.54) is 17.2 Å². The van der Waals surface area contributed by atoms with Crippen LogP contribution in [0.15, 0.2) is 12.7 Å². The molecule has 3 heterocycles. The Kier molecular flexibility index (Phi) is 2.18. The van der Waals surface area contributed by atoms with Crippen LogP contribution in [0.1, 0.15) is 12.6 Å². The molecule has 1 saturated carbocycles. The molecule has 2 aliphatic rings. The normalized spacial score (nSPS) is 39.8. The van der Waals surface area contributed by atoms with Gasteiger partial charge in [0.25, 0.3) is 0 Å². The van der Waals surface area contributed by atoms with Crippen molar-refractivity contribution in [2.75, 3.05) is 5.73 Å². The summed E-state index contributed by atoms with van der Waals surface area (Å²) >= 11 is 0. The van der Waals surface area contributed by atoms with Crippen molar-refractivity contribution in [3.05, 3.63) is 12.7 Å². The molecule has 0 radical (unpaired) electrons. The second-order valence-electron chi connectivity index (χ2n) is 5.20. The summed E-state index contributed by atoms with van der Waals surface area (Å²) in [6, 6.07) is 0. The molecule has 0 bridgehead atoms. The van der Waals surface area contributed by atoms with Crippen molar-refractivity contribution in [3.8, 4) is 0 Å². The molecule has 1 aliphatic heterocycles. The molecule has 1 aliphatic carbocycles. The zero-order chi connectivity index (χ0) is 14.1. The van der Waals surface area contributed by atoms with E-state index in [4.69, 9.17) is 10.5 Å². The lowest BCUT2D eigenvalue weighted by Crippen LogP contribution is -2.34. The molecule has 106 valence electrons. The van der Waals surface area contributed by atoms with Gasteiger partial charge in [-0.15, -0.1) is 0 Å². The Balaban J connectivity index is 1.79. The average molecular weight is 279 g/mol. The Morgan fingerprint density at radius 1 is 1.30 bits per heavy atom. The molecule has 9 nitrogen and oxygen atoms in total. The van der Waals surface area contributed by atoms with Crippen LogP contribution < -0.4 is 5.73 Å². The van der Waals surface area contributed by atoms with Gasteiger partial charge in [0, 0.05) is 6.42 Å². The molecule has 0 aromatic carbocycles. The minimum absolute atomic E-state index is 0.225. The highest BCUT2D eigenvalue weighted by Gasteiger charge is 2.69. The quantitative estimate of drug-likeness (QED) is 0.477. The molecule has 0 amide bonds. The van der Waals surface area contributed by atoms with Crippen molar-refractivity contribution in [1.82, 2.24) is 19.5 Å². The Labute approximate surface area is 112 Å². The molecule has 9 heteroatoms. The second-order valence-corrected chi connectivity index (χ2v) is 5.20. The predicted octanol–water partition coefficient (Wildman–Crippen LogP) is -1.84. The fourth-order valence-corrected chi connectivity index (χ4v) is 2.77. The maximum Gasteiger partial charge on any atom is 0.167 e. The third kappa shape index (κ3) is 1.32. The molecule has 1 saturated heterocycles. The van der Waals surface area contributed by atoms with Gasteiger partial charge >= 0.3 is 0 Å². The molecule has 2 unspecified atom stereocenters. The van der Waals surface area contributed by atoms with Crippen LogP contribution in [0.2, 0.25) is 0 Å². The molecule has 5 atom stereocenters. The van der Waals surface area contributed by atoms with E-state index in [9.17, 15) is 15.3 Å². The van der Waals surface area contributed by atoms with Crippen LogP contribution in [0.25, 0.3) is 11.2 Å². The lowest BCUT2D eigenvalue weighted by Gasteiger charge is -2.16. The number of nitrogens with two attached hydrogens (primary N) is 1. The van der Waals surface area contributed by atoms with Crippen LogP contribution >= 0.6 is 0 Å². The zero-order valence-electron chi connectivity index (χ0n) is 10.3. The number of aliphatic hydroxyl groups excluding tert-OH is 3. The summed E-state index contributed by atoms with van der Waals surface area (Å²) in [4.78, 5) is 12.0. The zero-order valence-corrected chi connectivity index (χ0v) is 10.3. The maximum atomic E-state index is 10.1. The molecule has 2 aromatic rings. The predicted molar refractivity (Wildman–Crippen MR) is 65.2 cm³/mol. The van der Waals surface area contributed by atoms with E-state index in [0.29, 0.717) is 17.6 Å². The van der Waals surface area contributed by atoms with E-state index >= 15 is 0 Å². The number of nitrogen functional groups attached to an aromatic ring is 1. The number of ether oxygens (including phenoxy) is 1. The Morgan fingerprint density at radius 2 is 2.05 bits per heavy atom. The summed E-state index contributed by atoms with van der Waals surface area (Å²) in [5, 5.41) is 29.8. The molecule has 2 aromatic heterocycles. The number of aliphatic hydroxyl groups is 3. The van der Waals surface area contributed by atoms with E-state index in [1.54, 1.807) is 0 Å². The SMILES string of the molecule is Nc1ncnc2c1ncn2C1O[C@]2(C[C@H]2O)C(O)[C@@H]1O. The lowest BCUT2D eigenvalue weighted by atomic mass is 10.1. The minimum Gasteiger partial charge on any atom is -0.390 e. The van der Waals surface area contributed by atoms with Gasteiger partial charge < -0.3 is 25.8 Å². The van der Waals surface area contributed by atoms with Gasteiger partial charge in [-0.2, -0.15) is 0 Å². The topological polar surface area (TPSA) is 140 Å². The van der Waals surface area contributed by atoms with Crippen LogP contribution in [0.3, 0.4) is 0 Å². The van der Waals surface area contributed by atoms with Crippen LogP contribution in [0.5, 0.6) is 0 Å². The number of hydrogen-bond donors (Lipinski definition) is 4. The van der Waals surface area contributed by atoms with Crippen LogP contribution in [-0.2, 0) is 4.74 Å². The van der Waals surface area contributed by atoms with E-state index in [1.807, 2.05) is 0 Å². The van der Waals surface area contributed by atoms with E-state index in [2.05, 4.69) is 15.0 Å². The van der Waals surface area contributed by atoms with Gasteiger partial charge in [0.05, 0.1) is 12.4 Å². The van der Waals surface area contributed by atoms with E-state index in [-0.39, 0.29) is 5.82 Å². The maximum absolute atomic E-state index is 10.1. The number of hydrogen-bond acceptors (Lipinski definition) is 8. The van der Waals surface area contributed by atoms with Crippen molar-refractivity contribution in [3.63, 3.8) is 0 Å². The van der Waals surface area contributed by atoms with Gasteiger partial charge in [-0.05, 0) is 0 Å². The smallest absolute Gasteiger partial charge is 0.167 e.